The maximum absolute atomic E-state index is 13.5. The van der Waals surface area contributed by atoms with Crippen molar-refractivity contribution in [2.75, 3.05) is 53.7 Å². The molecule has 4 rings (SSSR count). The second-order valence-electron chi connectivity index (χ2n) is 8.48. The molecule has 1 aromatic carbocycles. The minimum Gasteiger partial charge on any atom is -0.497 e. The van der Waals surface area contributed by atoms with Gasteiger partial charge >= 0.3 is 0 Å². The van der Waals surface area contributed by atoms with Crippen LogP contribution in [0.25, 0.3) is 0 Å². The van der Waals surface area contributed by atoms with Crippen LogP contribution in [0.5, 0.6) is 11.5 Å². The van der Waals surface area contributed by atoms with E-state index in [1.54, 1.807) is 23.3 Å². The van der Waals surface area contributed by atoms with Crippen molar-refractivity contribution in [3.05, 3.63) is 46.2 Å². The zero-order valence-electron chi connectivity index (χ0n) is 19.7. The first-order chi connectivity index (χ1) is 16.6. The van der Waals surface area contributed by atoms with Crippen molar-refractivity contribution >= 4 is 23.2 Å². The van der Waals surface area contributed by atoms with Crippen molar-refractivity contribution in [1.82, 2.24) is 9.80 Å². The summed E-state index contributed by atoms with van der Waals surface area (Å²) in [5.74, 6) is 1.10. The third-order valence-electron chi connectivity index (χ3n) is 6.26. The van der Waals surface area contributed by atoms with Gasteiger partial charge in [0.25, 0.3) is 0 Å². The monoisotopic (exact) mass is 488 g/mol. The molecule has 0 radical (unpaired) electrons. The number of nitrogens with zero attached hydrogens (tertiary/aromatic N) is 2. The summed E-state index contributed by atoms with van der Waals surface area (Å²) in [6.45, 7) is 1.94. The van der Waals surface area contributed by atoms with Gasteiger partial charge in [-0.05, 0) is 48.4 Å². The molecule has 0 N–H and O–H groups in total. The molecule has 1 aromatic heterocycles. The lowest BCUT2D eigenvalue weighted by Gasteiger charge is -2.37. The van der Waals surface area contributed by atoms with Crippen molar-refractivity contribution in [2.45, 2.75) is 31.4 Å². The van der Waals surface area contributed by atoms with Gasteiger partial charge in [0.2, 0.25) is 11.8 Å². The molecule has 3 heterocycles. The molecule has 2 amide bonds. The van der Waals surface area contributed by atoms with Crippen LogP contribution in [-0.2, 0) is 25.5 Å². The fraction of sp³-hybridized carbons (Fsp3) is 0.520. The number of thiophene rings is 1. The van der Waals surface area contributed by atoms with Crippen LogP contribution in [-0.4, -0.2) is 81.4 Å². The van der Waals surface area contributed by atoms with Crippen LogP contribution in [0.4, 0.5) is 0 Å². The molecule has 2 atom stereocenters. The third-order valence-corrected chi connectivity index (χ3v) is 7.26. The highest BCUT2D eigenvalue weighted by molar-refractivity contribution is 7.10. The molecule has 0 saturated carbocycles. The fourth-order valence-corrected chi connectivity index (χ4v) is 5.43. The molecule has 184 valence electrons. The SMILES string of the molecule is COCC(=O)N(CC(=O)N1CCc2sccc2[C@@H]1COc1cccc(OC)c1)C[C@H]1CCCO1. The molecular formula is C25H32N2O6S. The lowest BCUT2D eigenvalue weighted by Crippen LogP contribution is -2.49. The first kappa shape index (κ1) is 24.5. The number of amides is 2. The van der Waals surface area contributed by atoms with Crippen molar-refractivity contribution in [2.24, 2.45) is 0 Å². The van der Waals surface area contributed by atoms with Gasteiger partial charge in [-0.15, -0.1) is 11.3 Å². The summed E-state index contributed by atoms with van der Waals surface area (Å²) in [7, 11) is 3.10. The first-order valence-corrected chi connectivity index (χ1v) is 12.5. The Kier molecular flexibility index (Phi) is 8.42. The molecule has 0 unspecified atom stereocenters. The highest BCUT2D eigenvalue weighted by Gasteiger charge is 2.34. The Labute approximate surface area is 204 Å². The number of hydrogen-bond donors (Lipinski definition) is 0. The van der Waals surface area contributed by atoms with Crippen molar-refractivity contribution in [1.29, 1.82) is 0 Å². The first-order valence-electron chi connectivity index (χ1n) is 11.6. The molecule has 0 bridgehead atoms. The molecule has 2 aliphatic rings. The molecule has 34 heavy (non-hydrogen) atoms. The third kappa shape index (κ3) is 5.89. The van der Waals surface area contributed by atoms with Gasteiger partial charge in [-0.2, -0.15) is 0 Å². The van der Waals surface area contributed by atoms with E-state index in [2.05, 4.69) is 11.4 Å². The van der Waals surface area contributed by atoms with E-state index in [-0.39, 0.29) is 37.1 Å². The lowest BCUT2D eigenvalue weighted by molar-refractivity contribution is -0.145. The second-order valence-corrected chi connectivity index (χ2v) is 9.49. The number of rotatable bonds is 10. The molecule has 9 heteroatoms. The van der Waals surface area contributed by atoms with Crippen LogP contribution < -0.4 is 9.47 Å². The van der Waals surface area contributed by atoms with Crippen LogP contribution in [0.15, 0.2) is 35.7 Å². The highest BCUT2D eigenvalue weighted by Crippen LogP contribution is 2.34. The number of carbonyl (C=O) groups is 2. The molecule has 1 saturated heterocycles. The summed E-state index contributed by atoms with van der Waals surface area (Å²) in [6.07, 6.45) is 2.63. The Bertz CT molecular complexity index is 974. The quantitative estimate of drug-likeness (QED) is 0.512. The van der Waals surface area contributed by atoms with Crippen LogP contribution >= 0.6 is 11.3 Å². The Balaban J connectivity index is 1.48. The number of methoxy groups -OCH3 is 2. The number of carbonyl (C=O) groups excluding carboxylic acids is 2. The molecule has 0 spiro atoms. The van der Waals surface area contributed by atoms with Crippen molar-refractivity contribution in [3.8, 4) is 11.5 Å². The van der Waals surface area contributed by atoms with Crippen LogP contribution in [0.3, 0.4) is 0 Å². The lowest BCUT2D eigenvalue weighted by atomic mass is 10.0. The van der Waals surface area contributed by atoms with Crippen molar-refractivity contribution in [3.63, 3.8) is 0 Å². The molecule has 2 aromatic rings. The number of ether oxygens (including phenoxy) is 4. The van der Waals surface area contributed by atoms with E-state index in [0.717, 1.165) is 24.8 Å². The second kappa shape index (κ2) is 11.7. The summed E-state index contributed by atoms with van der Waals surface area (Å²) in [6, 6.07) is 9.28. The fourth-order valence-electron chi connectivity index (χ4n) is 4.50. The maximum Gasteiger partial charge on any atom is 0.249 e. The van der Waals surface area contributed by atoms with E-state index < -0.39 is 0 Å². The van der Waals surface area contributed by atoms with Crippen LogP contribution in [0, 0.1) is 0 Å². The maximum atomic E-state index is 13.5. The molecule has 0 aliphatic carbocycles. The van der Waals surface area contributed by atoms with E-state index in [9.17, 15) is 9.59 Å². The molecule has 1 fully saturated rings. The van der Waals surface area contributed by atoms with Gasteiger partial charge < -0.3 is 28.7 Å². The Morgan fingerprint density at radius 3 is 2.85 bits per heavy atom. The van der Waals surface area contributed by atoms with Gasteiger partial charge in [0, 0.05) is 37.7 Å². The van der Waals surface area contributed by atoms with Gasteiger partial charge in [0.15, 0.2) is 0 Å². The Morgan fingerprint density at radius 1 is 1.24 bits per heavy atom. The number of fused-ring (bicyclic) bond motifs is 1. The van der Waals surface area contributed by atoms with E-state index in [1.165, 1.54) is 12.0 Å². The number of benzene rings is 1. The minimum atomic E-state index is -0.226. The average Bonchev–Trinajstić information content (AvgIpc) is 3.54. The normalized spacial score (nSPS) is 19.5. The summed E-state index contributed by atoms with van der Waals surface area (Å²) in [4.78, 5) is 30.9. The predicted molar refractivity (Wildman–Crippen MR) is 128 cm³/mol. The number of hydrogen-bond acceptors (Lipinski definition) is 7. The molecular weight excluding hydrogens is 456 g/mol. The van der Waals surface area contributed by atoms with Crippen LogP contribution in [0.1, 0.15) is 29.3 Å². The highest BCUT2D eigenvalue weighted by atomic mass is 32.1. The largest absolute Gasteiger partial charge is 0.497 e. The topological polar surface area (TPSA) is 77.5 Å². The van der Waals surface area contributed by atoms with E-state index in [0.29, 0.717) is 37.8 Å². The summed E-state index contributed by atoms with van der Waals surface area (Å²) < 4.78 is 22.2. The standard InChI is InChI=1S/C25H32N2O6S/c1-30-17-25(29)26(14-20-7-4-11-32-20)15-24(28)27-10-8-23-21(9-12-34-23)22(27)16-33-19-6-3-5-18(13-19)31-2/h3,5-6,9,12-13,20,22H,4,7-8,10-11,14-17H2,1-2H3/t20-,22+/m1/s1. The van der Waals surface area contributed by atoms with Crippen molar-refractivity contribution < 1.29 is 28.5 Å². The summed E-state index contributed by atoms with van der Waals surface area (Å²) in [5.41, 5.74) is 1.11. The van der Waals surface area contributed by atoms with E-state index >= 15 is 0 Å². The average molecular weight is 489 g/mol. The smallest absolute Gasteiger partial charge is 0.249 e. The van der Waals surface area contributed by atoms with E-state index in [1.807, 2.05) is 29.2 Å². The van der Waals surface area contributed by atoms with Crippen LogP contribution in [0.2, 0.25) is 0 Å². The summed E-state index contributed by atoms with van der Waals surface area (Å²) >= 11 is 1.71. The molecule has 8 nitrogen and oxygen atoms in total. The minimum absolute atomic E-state index is 0.00279. The predicted octanol–water partition coefficient (Wildman–Crippen LogP) is 2.92. The zero-order chi connectivity index (χ0) is 23.9. The van der Waals surface area contributed by atoms with Gasteiger partial charge in [-0.25, -0.2) is 0 Å². The van der Waals surface area contributed by atoms with Gasteiger partial charge in [-0.1, -0.05) is 6.07 Å². The Hall–Kier alpha value is -2.62. The zero-order valence-corrected chi connectivity index (χ0v) is 20.6. The molecule has 2 aliphatic heterocycles. The van der Waals surface area contributed by atoms with Gasteiger partial charge in [0.1, 0.15) is 24.7 Å². The Morgan fingerprint density at radius 2 is 2.09 bits per heavy atom. The van der Waals surface area contributed by atoms with E-state index in [4.69, 9.17) is 18.9 Å². The summed E-state index contributed by atoms with van der Waals surface area (Å²) in [5, 5.41) is 2.06. The van der Waals surface area contributed by atoms with Gasteiger partial charge in [-0.3, -0.25) is 9.59 Å². The van der Waals surface area contributed by atoms with Gasteiger partial charge in [0.05, 0.1) is 25.8 Å².